The number of alkyl halides is 1. The molecule has 1 aromatic rings. The van der Waals surface area contributed by atoms with Crippen LogP contribution in [-0.2, 0) is 0 Å². The Hall–Kier alpha value is -1.13. The highest BCUT2D eigenvalue weighted by molar-refractivity contribution is 5.44. The van der Waals surface area contributed by atoms with E-state index in [1.807, 2.05) is 0 Å². The minimum atomic E-state index is -0.279. The monoisotopic (exact) mass is 280 g/mol. The lowest BCUT2D eigenvalue weighted by molar-refractivity contribution is 0.157. The van der Waals surface area contributed by atoms with E-state index in [9.17, 15) is 4.39 Å². The molecule has 0 saturated carbocycles. The molecule has 1 aromatic carbocycles. The van der Waals surface area contributed by atoms with Crippen molar-refractivity contribution in [3.8, 4) is 5.75 Å². The van der Waals surface area contributed by atoms with Gasteiger partial charge in [0.1, 0.15) is 5.75 Å². The van der Waals surface area contributed by atoms with Crippen LogP contribution < -0.4 is 10.1 Å². The van der Waals surface area contributed by atoms with E-state index in [4.69, 9.17) is 4.74 Å². The molecule has 0 radical (unpaired) electrons. The predicted molar refractivity (Wildman–Crippen MR) is 80.2 cm³/mol. The highest BCUT2D eigenvalue weighted by Gasteiger charge is 2.23. The minimum absolute atomic E-state index is 0.172. The summed E-state index contributed by atoms with van der Waals surface area (Å²) in [5.41, 5.74) is 3.46. The highest BCUT2D eigenvalue weighted by Crippen LogP contribution is 2.31. The van der Waals surface area contributed by atoms with Gasteiger partial charge in [0.05, 0.1) is 13.8 Å². The molecule has 0 amide bonds. The molecule has 1 aliphatic rings. The third kappa shape index (κ3) is 3.30. The van der Waals surface area contributed by atoms with Crippen molar-refractivity contribution in [3.63, 3.8) is 0 Å². The van der Waals surface area contributed by atoms with Crippen LogP contribution in [0.25, 0.3) is 0 Å². The lowest BCUT2D eigenvalue weighted by Crippen LogP contribution is -2.45. The first-order valence-corrected chi connectivity index (χ1v) is 7.33. The fourth-order valence-electron chi connectivity index (χ4n) is 3.16. The summed E-state index contributed by atoms with van der Waals surface area (Å²) in [7, 11) is 1.70. The van der Waals surface area contributed by atoms with Crippen molar-refractivity contribution in [1.29, 1.82) is 0 Å². The van der Waals surface area contributed by atoms with Crippen molar-refractivity contribution in [2.24, 2.45) is 0 Å². The molecule has 112 valence electrons. The average molecular weight is 280 g/mol. The summed E-state index contributed by atoms with van der Waals surface area (Å²) >= 11 is 0. The molecule has 20 heavy (non-hydrogen) atoms. The molecular weight excluding hydrogens is 255 g/mol. The van der Waals surface area contributed by atoms with E-state index in [0.29, 0.717) is 6.42 Å². The second-order valence-electron chi connectivity index (χ2n) is 5.47. The number of halogens is 1. The topological polar surface area (TPSA) is 24.5 Å². The lowest BCUT2D eigenvalue weighted by Gasteiger charge is -2.35. The van der Waals surface area contributed by atoms with E-state index < -0.39 is 0 Å². The Labute approximate surface area is 121 Å². The number of benzene rings is 1. The van der Waals surface area contributed by atoms with Crippen molar-refractivity contribution in [1.82, 2.24) is 10.2 Å². The van der Waals surface area contributed by atoms with Crippen molar-refractivity contribution in [2.45, 2.75) is 26.3 Å². The van der Waals surface area contributed by atoms with E-state index >= 15 is 0 Å². The van der Waals surface area contributed by atoms with Gasteiger partial charge in [-0.3, -0.25) is 9.29 Å². The normalized spacial score (nSPS) is 18.0. The summed E-state index contributed by atoms with van der Waals surface area (Å²) < 4.78 is 18.4. The maximum absolute atomic E-state index is 13.0. The zero-order valence-corrected chi connectivity index (χ0v) is 12.7. The molecule has 0 unspecified atom stereocenters. The first-order valence-electron chi connectivity index (χ1n) is 7.33. The first-order chi connectivity index (χ1) is 9.67. The Bertz CT molecular complexity index is 421. The number of rotatable bonds is 5. The van der Waals surface area contributed by atoms with Crippen LogP contribution in [0, 0.1) is 13.8 Å². The van der Waals surface area contributed by atoms with E-state index in [2.05, 4.69) is 36.2 Å². The summed E-state index contributed by atoms with van der Waals surface area (Å²) in [6, 6.07) is 4.47. The summed E-state index contributed by atoms with van der Waals surface area (Å²) in [5.74, 6) is 0.938. The molecule has 0 aliphatic carbocycles. The summed E-state index contributed by atoms with van der Waals surface area (Å²) in [5, 5.41) is 3.35. The van der Waals surface area contributed by atoms with E-state index in [1.54, 1.807) is 7.11 Å². The number of nitrogens with one attached hydrogen (secondary N) is 1. The van der Waals surface area contributed by atoms with Crippen molar-refractivity contribution in [2.75, 3.05) is 40.0 Å². The maximum atomic E-state index is 13.0. The van der Waals surface area contributed by atoms with Crippen molar-refractivity contribution < 1.29 is 9.13 Å². The third-order valence-electron chi connectivity index (χ3n) is 4.05. The average Bonchev–Trinajstić information content (AvgIpc) is 2.45. The van der Waals surface area contributed by atoms with Crippen molar-refractivity contribution >= 4 is 0 Å². The number of hydrogen-bond donors (Lipinski definition) is 1. The van der Waals surface area contributed by atoms with Gasteiger partial charge < -0.3 is 10.1 Å². The van der Waals surface area contributed by atoms with Crippen LogP contribution in [-0.4, -0.2) is 44.9 Å². The van der Waals surface area contributed by atoms with Gasteiger partial charge >= 0.3 is 0 Å². The smallest absolute Gasteiger partial charge is 0.124 e. The van der Waals surface area contributed by atoms with E-state index in [-0.39, 0.29) is 12.7 Å². The number of methoxy groups -OCH3 is 1. The molecule has 1 heterocycles. The molecule has 0 spiro atoms. The van der Waals surface area contributed by atoms with E-state index in [0.717, 1.165) is 43.1 Å². The Morgan fingerprint density at radius 1 is 1.25 bits per heavy atom. The number of ether oxygens (including phenoxy) is 1. The molecule has 0 bridgehead atoms. The molecule has 1 atom stereocenters. The standard InChI is InChI=1S/C16H25FN2O/c1-12-10-14(11-13(2)16(12)20-3)15(4-5-17)19-8-6-18-7-9-19/h10-11,15,18H,4-9H2,1-3H3/t15-/m1/s1. The molecule has 3 nitrogen and oxygen atoms in total. The number of aryl methyl sites for hydroxylation is 2. The first kappa shape index (κ1) is 15.3. The molecule has 2 rings (SSSR count). The quantitative estimate of drug-likeness (QED) is 0.897. The molecular formula is C16H25FN2O. The highest BCUT2D eigenvalue weighted by atomic mass is 19.1. The molecule has 1 fully saturated rings. The predicted octanol–water partition coefficient (Wildman–Crippen LogP) is 2.62. The SMILES string of the molecule is COc1c(C)cc([C@@H](CCF)N2CCNCC2)cc1C. The van der Waals surface area contributed by atoms with Crippen LogP contribution in [0.2, 0.25) is 0 Å². The Morgan fingerprint density at radius 3 is 2.35 bits per heavy atom. The minimum Gasteiger partial charge on any atom is -0.496 e. The van der Waals surface area contributed by atoms with Gasteiger partial charge in [0.15, 0.2) is 0 Å². The van der Waals surface area contributed by atoms with Crippen LogP contribution in [0.3, 0.4) is 0 Å². The van der Waals surface area contributed by atoms with Gasteiger partial charge in [-0.25, -0.2) is 0 Å². The third-order valence-corrected chi connectivity index (χ3v) is 4.05. The number of hydrogen-bond acceptors (Lipinski definition) is 3. The Morgan fingerprint density at radius 2 is 1.85 bits per heavy atom. The maximum Gasteiger partial charge on any atom is 0.124 e. The zero-order chi connectivity index (χ0) is 14.5. The molecule has 1 saturated heterocycles. The van der Waals surface area contributed by atoms with Crippen molar-refractivity contribution in [3.05, 3.63) is 28.8 Å². The fourth-order valence-corrected chi connectivity index (χ4v) is 3.16. The molecule has 1 aliphatic heterocycles. The summed E-state index contributed by atoms with van der Waals surface area (Å²) in [6.45, 7) is 7.76. The number of nitrogens with zero attached hydrogens (tertiary/aromatic N) is 1. The van der Waals surface area contributed by atoms with Crippen LogP contribution in [0.5, 0.6) is 5.75 Å². The molecule has 1 N–H and O–H groups in total. The van der Waals surface area contributed by atoms with Gasteiger partial charge in [0, 0.05) is 32.2 Å². The summed E-state index contributed by atoms with van der Waals surface area (Å²) in [6.07, 6.45) is 0.561. The van der Waals surface area contributed by atoms with E-state index in [1.165, 1.54) is 5.56 Å². The van der Waals surface area contributed by atoms with Gasteiger partial charge in [0.25, 0.3) is 0 Å². The van der Waals surface area contributed by atoms with Crippen LogP contribution in [0.4, 0.5) is 4.39 Å². The second-order valence-corrected chi connectivity index (χ2v) is 5.47. The largest absolute Gasteiger partial charge is 0.496 e. The fraction of sp³-hybridized carbons (Fsp3) is 0.625. The number of piperazine rings is 1. The molecule has 0 aromatic heterocycles. The van der Waals surface area contributed by atoms with Gasteiger partial charge in [-0.05, 0) is 37.0 Å². The summed E-state index contributed by atoms with van der Waals surface area (Å²) in [4.78, 5) is 2.39. The second kappa shape index (κ2) is 7.04. The van der Waals surface area contributed by atoms with Gasteiger partial charge in [-0.15, -0.1) is 0 Å². The Kier molecular flexibility index (Phi) is 5.38. The van der Waals surface area contributed by atoms with Crippen LogP contribution in [0.1, 0.15) is 29.2 Å². The van der Waals surface area contributed by atoms with Gasteiger partial charge in [-0.1, -0.05) is 12.1 Å². The lowest BCUT2D eigenvalue weighted by atomic mass is 9.97. The van der Waals surface area contributed by atoms with Gasteiger partial charge in [0.2, 0.25) is 0 Å². The van der Waals surface area contributed by atoms with Crippen LogP contribution in [0.15, 0.2) is 12.1 Å². The Balaban J connectivity index is 2.28. The van der Waals surface area contributed by atoms with Crippen LogP contribution >= 0.6 is 0 Å². The van der Waals surface area contributed by atoms with Gasteiger partial charge in [-0.2, -0.15) is 0 Å². The zero-order valence-electron chi connectivity index (χ0n) is 12.7. The molecule has 4 heteroatoms.